The SMILES string of the molecule is COC(=O)c1ccc(OCc2cn3ccccc3c2C#N)c(Br)c1. The van der Waals surface area contributed by atoms with Crippen molar-refractivity contribution in [1.29, 1.82) is 5.26 Å². The van der Waals surface area contributed by atoms with E-state index < -0.39 is 5.97 Å². The first kappa shape index (κ1) is 16.1. The van der Waals surface area contributed by atoms with Gasteiger partial charge in [0.25, 0.3) is 0 Å². The lowest BCUT2D eigenvalue weighted by Gasteiger charge is -2.08. The van der Waals surface area contributed by atoms with E-state index in [1.54, 1.807) is 18.2 Å². The Hall–Kier alpha value is -2.78. The topological polar surface area (TPSA) is 63.7 Å². The lowest BCUT2D eigenvalue weighted by atomic mass is 10.2. The molecule has 2 aromatic heterocycles. The normalized spacial score (nSPS) is 10.4. The third-order valence-corrected chi connectivity index (χ3v) is 4.23. The molecule has 0 atom stereocenters. The molecule has 0 aliphatic rings. The van der Waals surface area contributed by atoms with Gasteiger partial charge in [-0.05, 0) is 46.3 Å². The highest BCUT2D eigenvalue weighted by Crippen LogP contribution is 2.28. The van der Waals surface area contributed by atoms with E-state index in [9.17, 15) is 10.1 Å². The van der Waals surface area contributed by atoms with Crippen LogP contribution in [0.3, 0.4) is 0 Å². The summed E-state index contributed by atoms with van der Waals surface area (Å²) in [6, 6.07) is 12.9. The number of carbonyl (C=O) groups excluding carboxylic acids is 1. The number of rotatable bonds is 4. The van der Waals surface area contributed by atoms with Crippen molar-refractivity contribution in [3.63, 3.8) is 0 Å². The molecule has 2 heterocycles. The Bertz CT molecular complexity index is 957. The Balaban J connectivity index is 1.84. The quantitative estimate of drug-likeness (QED) is 0.639. The molecule has 0 bridgehead atoms. The molecule has 0 unspecified atom stereocenters. The van der Waals surface area contributed by atoms with E-state index >= 15 is 0 Å². The summed E-state index contributed by atoms with van der Waals surface area (Å²) in [5, 5.41) is 9.40. The Morgan fingerprint density at radius 1 is 1.33 bits per heavy atom. The number of nitriles is 1. The summed E-state index contributed by atoms with van der Waals surface area (Å²) in [7, 11) is 1.34. The van der Waals surface area contributed by atoms with E-state index in [-0.39, 0.29) is 6.61 Å². The first-order chi connectivity index (χ1) is 11.6. The van der Waals surface area contributed by atoms with Gasteiger partial charge in [-0.2, -0.15) is 5.26 Å². The Labute approximate surface area is 147 Å². The van der Waals surface area contributed by atoms with Crippen molar-refractivity contribution in [2.24, 2.45) is 0 Å². The van der Waals surface area contributed by atoms with Crippen LogP contribution in [0.5, 0.6) is 5.75 Å². The van der Waals surface area contributed by atoms with Crippen LogP contribution < -0.4 is 4.74 Å². The van der Waals surface area contributed by atoms with Crippen LogP contribution in [0.2, 0.25) is 0 Å². The Morgan fingerprint density at radius 3 is 2.88 bits per heavy atom. The molecular weight excluding hydrogens is 372 g/mol. The molecule has 0 aliphatic heterocycles. The number of pyridine rings is 1. The van der Waals surface area contributed by atoms with Gasteiger partial charge in [-0.25, -0.2) is 4.79 Å². The predicted molar refractivity (Wildman–Crippen MR) is 91.9 cm³/mol. The third kappa shape index (κ3) is 2.99. The van der Waals surface area contributed by atoms with Crippen LogP contribution in [0, 0.1) is 11.3 Å². The summed E-state index contributed by atoms with van der Waals surface area (Å²) < 4.78 is 13.0. The number of benzene rings is 1. The van der Waals surface area contributed by atoms with Gasteiger partial charge >= 0.3 is 5.97 Å². The molecule has 0 saturated heterocycles. The number of ether oxygens (including phenoxy) is 2. The fourth-order valence-corrected chi connectivity index (χ4v) is 2.93. The van der Waals surface area contributed by atoms with Crippen LogP contribution in [0.15, 0.2) is 53.3 Å². The number of carbonyl (C=O) groups is 1. The molecule has 0 radical (unpaired) electrons. The second-order valence-electron chi connectivity index (χ2n) is 5.06. The summed E-state index contributed by atoms with van der Waals surface area (Å²) in [5.41, 5.74) is 2.67. The van der Waals surface area contributed by atoms with Gasteiger partial charge in [0.15, 0.2) is 0 Å². The number of aromatic nitrogens is 1. The first-order valence-electron chi connectivity index (χ1n) is 7.13. The largest absolute Gasteiger partial charge is 0.488 e. The maximum absolute atomic E-state index is 11.5. The van der Waals surface area contributed by atoms with Crippen molar-refractivity contribution in [1.82, 2.24) is 4.40 Å². The molecule has 24 heavy (non-hydrogen) atoms. The van der Waals surface area contributed by atoms with Gasteiger partial charge in [0.1, 0.15) is 18.4 Å². The van der Waals surface area contributed by atoms with E-state index in [1.165, 1.54) is 7.11 Å². The van der Waals surface area contributed by atoms with Crippen molar-refractivity contribution in [2.45, 2.75) is 6.61 Å². The van der Waals surface area contributed by atoms with Gasteiger partial charge < -0.3 is 13.9 Å². The van der Waals surface area contributed by atoms with E-state index in [0.29, 0.717) is 21.3 Å². The molecule has 0 saturated carbocycles. The molecule has 3 rings (SSSR count). The number of halogens is 1. The monoisotopic (exact) mass is 384 g/mol. The zero-order chi connectivity index (χ0) is 17.1. The summed E-state index contributed by atoms with van der Waals surface area (Å²) in [6.07, 6.45) is 3.77. The van der Waals surface area contributed by atoms with Crippen molar-refractivity contribution in [3.8, 4) is 11.8 Å². The van der Waals surface area contributed by atoms with Crippen LogP contribution in [0.4, 0.5) is 0 Å². The number of methoxy groups -OCH3 is 1. The van der Waals surface area contributed by atoms with Gasteiger partial charge in [-0.15, -0.1) is 0 Å². The average Bonchev–Trinajstić information content (AvgIpc) is 2.97. The van der Waals surface area contributed by atoms with Crippen LogP contribution >= 0.6 is 15.9 Å². The zero-order valence-electron chi connectivity index (χ0n) is 12.8. The minimum atomic E-state index is -0.410. The minimum Gasteiger partial charge on any atom is -0.488 e. The van der Waals surface area contributed by atoms with Crippen LogP contribution in [0.1, 0.15) is 21.5 Å². The molecule has 3 aromatic rings. The van der Waals surface area contributed by atoms with Crippen molar-refractivity contribution in [3.05, 3.63) is 70.0 Å². The fraction of sp³-hybridized carbons (Fsp3) is 0.111. The standard InChI is InChI=1S/C18H13BrN2O3/c1-23-18(22)12-5-6-17(15(19)8-12)24-11-13-10-21-7-3-2-4-16(21)14(13)9-20/h2-8,10H,11H2,1H3. The van der Waals surface area contributed by atoms with Crippen LogP contribution in [0.25, 0.3) is 5.52 Å². The maximum atomic E-state index is 11.5. The van der Waals surface area contributed by atoms with Gasteiger partial charge in [0.2, 0.25) is 0 Å². The number of hydrogen-bond acceptors (Lipinski definition) is 4. The summed E-state index contributed by atoms with van der Waals surface area (Å²) >= 11 is 3.39. The van der Waals surface area contributed by atoms with Crippen molar-refractivity contribution >= 4 is 27.4 Å². The predicted octanol–water partition coefficient (Wildman–Crippen LogP) is 3.94. The molecule has 6 heteroatoms. The lowest BCUT2D eigenvalue weighted by molar-refractivity contribution is 0.0600. The number of esters is 1. The summed E-state index contributed by atoms with van der Waals surface area (Å²) in [5.74, 6) is 0.175. The van der Waals surface area contributed by atoms with E-state index in [0.717, 1.165) is 11.1 Å². The third-order valence-electron chi connectivity index (χ3n) is 3.61. The first-order valence-corrected chi connectivity index (χ1v) is 7.92. The van der Waals surface area contributed by atoms with Crippen molar-refractivity contribution in [2.75, 3.05) is 7.11 Å². The molecule has 0 N–H and O–H groups in total. The average molecular weight is 385 g/mol. The summed E-state index contributed by atoms with van der Waals surface area (Å²) in [4.78, 5) is 11.5. The molecule has 0 fully saturated rings. The Kier molecular flexibility index (Phi) is 4.54. The second-order valence-corrected chi connectivity index (χ2v) is 5.91. The van der Waals surface area contributed by atoms with E-state index in [2.05, 4.69) is 26.7 Å². The maximum Gasteiger partial charge on any atom is 0.337 e. The lowest BCUT2D eigenvalue weighted by Crippen LogP contribution is -2.02. The highest BCUT2D eigenvalue weighted by atomic mass is 79.9. The van der Waals surface area contributed by atoms with Gasteiger partial charge in [-0.1, -0.05) is 6.07 Å². The molecular formula is C18H13BrN2O3. The smallest absolute Gasteiger partial charge is 0.337 e. The van der Waals surface area contributed by atoms with Gasteiger partial charge in [0.05, 0.1) is 28.2 Å². The molecule has 120 valence electrons. The zero-order valence-corrected chi connectivity index (χ0v) is 14.4. The number of nitrogens with zero attached hydrogens (tertiary/aromatic N) is 2. The highest BCUT2D eigenvalue weighted by Gasteiger charge is 2.13. The van der Waals surface area contributed by atoms with Crippen molar-refractivity contribution < 1.29 is 14.3 Å². The van der Waals surface area contributed by atoms with E-state index in [1.807, 2.05) is 35.0 Å². The molecule has 1 aromatic carbocycles. The van der Waals surface area contributed by atoms with Gasteiger partial charge in [-0.3, -0.25) is 0 Å². The molecule has 0 amide bonds. The van der Waals surface area contributed by atoms with Crippen LogP contribution in [-0.2, 0) is 11.3 Å². The van der Waals surface area contributed by atoms with E-state index in [4.69, 9.17) is 4.74 Å². The number of fused-ring (bicyclic) bond motifs is 1. The molecule has 0 spiro atoms. The molecule has 0 aliphatic carbocycles. The van der Waals surface area contributed by atoms with Gasteiger partial charge in [0, 0.05) is 18.0 Å². The minimum absolute atomic E-state index is 0.251. The van der Waals surface area contributed by atoms with Crippen LogP contribution in [-0.4, -0.2) is 17.5 Å². The fourth-order valence-electron chi connectivity index (χ4n) is 2.43. The number of hydrogen-bond donors (Lipinski definition) is 0. The Morgan fingerprint density at radius 2 is 2.17 bits per heavy atom. The second kappa shape index (κ2) is 6.77. The molecule has 5 nitrogen and oxygen atoms in total. The summed E-state index contributed by atoms with van der Waals surface area (Å²) in [6.45, 7) is 0.251. The highest BCUT2D eigenvalue weighted by molar-refractivity contribution is 9.10.